The van der Waals surface area contributed by atoms with Crippen LogP contribution in [0.2, 0.25) is 0 Å². The fourth-order valence-corrected chi connectivity index (χ4v) is 2.99. The highest BCUT2D eigenvalue weighted by Crippen LogP contribution is 2.32. The number of rotatable bonds is 1. The molecule has 0 fully saturated rings. The van der Waals surface area contributed by atoms with Crippen LogP contribution >= 0.6 is 22.6 Å². The first-order chi connectivity index (χ1) is 6.36. The lowest BCUT2D eigenvalue weighted by Crippen LogP contribution is -2.18. The zero-order valence-corrected chi connectivity index (χ0v) is 9.85. The number of halogens is 1. The van der Waals surface area contributed by atoms with Crippen LogP contribution in [0.4, 0.5) is 0 Å². The summed E-state index contributed by atoms with van der Waals surface area (Å²) in [6.45, 7) is 0. The summed E-state index contributed by atoms with van der Waals surface area (Å²) >= 11 is 2.57. The molecule has 0 radical (unpaired) electrons. The van der Waals surface area contributed by atoms with E-state index < -0.39 is 0 Å². The summed E-state index contributed by atoms with van der Waals surface area (Å²) in [5, 5.41) is 0. The van der Waals surface area contributed by atoms with Gasteiger partial charge in [0.1, 0.15) is 0 Å². The minimum Gasteiger partial charge on any atom is -0.0872 e. The van der Waals surface area contributed by atoms with Gasteiger partial charge in [-0.05, 0) is 31.1 Å². The Kier molecular flexibility index (Phi) is 3.25. The van der Waals surface area contributed by atoms with Gasteiger partial charge in [-0.3, -0.25) is 0 Å². The molecule has 1 heteroatoms. The monoisotopic (exact) mass is 286 g/mol. The average Bonchev–Trinajstić information content (AvgIpc) is 2.19. The largest absolute Gasteiger partial charge is 0.0872 e. The van der Waals surface area contributed by atoms with Crippen LogP contribution in [0.5, 0.6) is 0 Å². The summed E-state index contributed by atoms with van der Waals surface area (Å²) in [4.78, 5) is 0. The van der Waals surface area contributed by atoms with E-state index in [9.17, 15) is 0 Å². The number of alkyl halides is 1. The molecule has 13 heavy (non-hydrogen) atoms. The highest BCUT2D eigenvalue weighted by molar-refractivity contribution is 14.1. The molecule has 0 aliphatic heterocycles. The molecule has 2 rings (SSSR count). The Bertz CT molecular complexity index is 250. The molecule has 0 bridgehead atoms. The van der Waals surface area contributed by atoms with Gasteiger partial charge in [-0.15, -0.1) is 0 Å². The zero-order chi connectivity index (χ0) is 9.10. The summed E-state index contributed by atoms with van der Waals surface area (Å²) < 4.78 is 0.854. The van der Waals surface area contributed by atoms with E-state index >= 15 is 0 Å². The quantitative estimate of drug-likeness (QED) is 0.390. The lowest BCUT2D eigenvalue weighted by atomic mass is 9.81. The van der Waals surface area contributed by atoms with Crippen molar-refractivity contribution in [3.05, 3.63) is 36.5 Å². The van der Waals surface area contributed by atoms with E-state index in [0.717, 1.165) is 15.8 Å². The second kappa shape index (κ2) is 4.45. The molecule has 0 heterocycles. The molecule has 0 N–H and O–H groups in total. The molecule has 0 aromatic carbocycles. The Balaban J connectivity index is 2.00. The van der Waals surface area contributed by atoms with Crippen molar-refractivity contribution in [2.24, 2.45) is 11.8 Å². The molecule has 3 unspecified atom stereocenters. The van der Waals surface area contributed by atoms with Crippen molar-refractivity contribution in [1.29, 1.82) is 0 Å². The van der Waals surface area contributed by atoms with Gasteiger partial charge in [-0.1, -0.05) is 59.0 Å². The van der Waals surface area contributed by atoms with Gasteiger partial charge in [0.05, 0.1) is 0 Å². The average molecular weight is 286 g/mol. The van der Waals surface area contributed by atoms with Gasteiger partial charge >= 0.3 is 0 Å². The van der Waals surface area contributed by atoms with Crippen molar-refractivity contribution in [3.63, 3.8) is 0 Å². The van der Waals surface area contributed by atoms with Crippen molar-refractivity contribution >= 4 is 22.6 Å². The number of allylic oxidation sites excluding steroid dienone is 6. The van der Waals surface area contributed by atoms with E-state index in [1.165, 1.54) is 19.3 Å². The molecule has 0 spiro atoms. The maximum absolute atomic E-state index is 2.57. The third-order valence-electron chi connectivity index (χ3n) is 2.87. The van der Waals surface area contributed by atoms with Crippen LogP contribution in [0, 0.1) is 11.8 Å². The Morgan fingerprint density at radius 2 is 1.85 bits per heavy atom. The van der Waals surface area contributed by atoms with Gasteiger partial charge in [0.25, 0.3) is 0 Å². The molecule has 0 nitrogen and oxygen atoms in total. The highest BCUT2D eigenvalue weighted by atomic mass is 127. The lowest BCUT2D eigenvalue weighted by Gasteiger charge is -2.27. The number of hydrogen-bond acceptors (Lipinski definition) is 0. The van der Waals surface area contributed by atoms with Crippen LogP contribution in [0.25, 0.3) is 0 Å². The van der Waals surface area contributed by atoms with Gasteiger partial charge in [-0.2, -0.15) is 0 Å². The van der Waals surface area contributed by atoms with Crippen molar-refractivity contribution in [3.8, 4) is 0 Å². The molecule has 0 saturated heterocycles. The first-order valence-electron chi connectivity index (χ1n) is 5.00. The van der Waals surface area contributed by atoms with E-state index in [-0.39, 0.29) is 0 Å². The predicted molar refractivity (Wildman–Crippen MR) is 66.1 cm³/mol. The molecule has 0 saturated carbocycles. The maximum Gasteiger partial charge on any atom is 0.0150 e. The second-order valence-electron chi connectivity index (χ2n) is 3.87. The van der Waals surface area contributed by atoms with Gasteiger partial charge in [-0.25, -0.2) is 0 Å². The van der Waals surface area contributed by atoms with E-state index in [1.807, 2.05) is 0 Å². The van der Waals surface area contributed by atoms with E-state index in [2.05, 4.69) is 59.0 Å². The van der Waals surface area contributed by atoms with Gasteiger partial charge in [0, 0.05) is 3.92 Å². The molecule has 2 aliphatic carbocycles. The Morgan fingerprint density at radius 1 is 0.923 bits per heavy atom. The smallest absolute Gasteiger partial charge is 0.0150 e. The van der Waals surface area contributed by atoms with Crippen LogP contribution in [0.3, 0.4) is 0 Å². The van der Waals surface area contributed by atoms with Gasteiger partial charge in [0.2, 0.25) is 0 Å². The van der Waals surface area contributed by atoms with E-state index in [1.54, 1.807) is 0 Å². The first kappa shape index (κ1) is 9.50. The Hall–Kier alpha value is -0.0500. The van der Waals surface area contributed by atoms with Crippen LogP contribution in [-0.2, 0) is 0 Å². The Morgan fingerprint density at radius 3 is 2.54 bits per heavy atom. The third kappa shape index (κ3) is 2.46. The number of hydrogen-bond donors (Lipinski definition) is 0. The van der Waals surface area contributed by atoms with Crippen molar-refractivity contribution < 1.29 is 0 Å². The van der Waals surface area contributed by atoms with Crippen LogP contribution in [0.1, 0.15) is 19.3 Å². The predicted octanol–water partition coefficient (Wildman–Crippen LogP) is 3.89. The third-order valence-corrected chi connectivity index (χ3v) is 3.88. The normalized spacial score (nSPS) is 38.1. The van der Waals surface area contributed by atoms with Gasteiger partial charge < -0.3 is 0 Å². The minimum atomic E-state index is 0.763. The maximum atomic E-state index is 2.57. The zero-order valence-electron chi connectivity index (χ0n) is 7.70. The van der Waals surface area contributed by atoms with Crippen LogP contribution in [-0.4, -0.2) is 3.92 Å². The molecular weight excluding hydrogens is 271 g/mol. The summed E-state index contributed by atoms with van der Waals surface area (Å²) in [5.41, 5.74) is 0. The molecule has 0 aromatic heterocycles. The molecule has 0 aromatic rings. The molecule has 70 valence electrons. The van der Waals surface area contributed by atoms with E-state index in [4.69, 9.17) is 0 Å². The summed E-state index contributed by atoms with van der Waals surface area (Å²) in [6, 6.07) is 0. The topological polar surface area (TPSA) is 0 Å². The summed E-state index contributed by atoms with van der Waals surface area (Å²) in [5.74, 6) is 1.55. The lowest BCUT2D eigenvalue weighted by molar-refractivity contribution is 0.432. The highest BCUT2D eigenvalue weighted by Gasteiger charge is 2.21. The summed E-state index contributed by atoms with van der Waals surface area (Å²) in [6.07, 6.45) is 17.6. The molecule has 2 aliphatic rings. The van der Waals surface area contributed by atoms with Crippen LogP contribution in [0.15, 0.2) is 36.5 Å². The fourth-order valence-electron chi connectivity index (χ4n) is 2.11. The Labute approximate surface area is 93.9 Å². The fraction of sp³-hybridized carbons (Fsp3) is 0.500. The van der Waals surface area contributed by atoms with E-state index in [0.29, 0.717) is 0 Å². The summed E-state index contributed by atoms with van der Waals surface area (Å²) in [7, 11) is 0. The van der Waals surface area contributed by atoms with Gasteiger partial charge in [0.15, 0.2) is 0 Å². The first-order valence-corrected chi connectivity index (χ1v) is 6.25. The van der Waals surface area contributed by atoms with Crippen molar-refractivity contribution in [2.45, 2.75) is 23.2 Å². The standard InChI is InChI=1S/C12H15I/c13-12-8-4-7-11(9-12)10-5-2-1-3-6-10/h1-5,7,10-12H,6,8-9H2. The van der Waals surface area contributed by atoms with Crippen molar-refractivity contribution in [1.82, 2.24) is 0 Å². The minimum absolute atomic E-state index is 0.763. The SMILES string of the molecule is IC1CC=CC(C2C=CC=CC2)C1. The second-order valence-corrected chi connectivity index (χ2v) is 5.63. The molecular formula is C12H15I. The van der Waals surface area contributed by atoms with Crippen LogP contribution < -0.4 is 0 Å². The molecule has 0 amide bonds. The van der Waals surface area contributed by atoms with Crippen molar-refractivity contribution in [2.75, 3.05) is 0 Å². The molecule has 3 atom stereocenters.